The van der Waals surface area contributed by atoms with Crippen LogP contribution >= 0.6 is 0 Å². The Morgan fingerprint density at radius 3 is 2.81 bits per heavy atom. The molecule has 0 amide bonds. The van der Waals surface area contributed by atoms with E-state index in [4.69, 9.17) is 14.2 Å². The van der Waals surface area contributed by atoms with Gasteiger partial charge in [0.15, 0.2) is 11.5 Å². The van der Waals surface area contributed by atoms with Crippen LogP contribution in [0.1, 0.15) is 18.4 Å². The molecule has 1 heterocycles. The minimum atomic E-state index is -3.21. The molecule has 0 aromatic heterocycles. The summed E-state index contributed by atoms with van der Waals surface area (Å²) >= 11 is 0. The smallest absolute Gasteiger partial charge is 0.209 e. The molecule has 1 atom stereocenters. The van der Waals surface area contributed by atoms with Crippen molar-refractivity contribution >= 4 is 10.0 Å². The van der Waals surface area contributed by atoms with Gasteiger partial charge in [0, 0.05) is 13.2 Å². The third-order valence-electron chi connectivity index (χ3n) is 3.22. The molecule has 0 saturated carbocycles. The molecule has 118 valence electrons. The molecule has 2 rings (SSSR count). The number of sulfonamides is 1. The summed E-state index contributed by atoms with van der Waals surface area (Å²) in [4.78, 5) is 0. The van der Waals surface area contributed by atoms with Crippen molar-refractivity contribution in [3.8, 4) is 11.5 Å². The van der Waals surface area contributed by atoms with Gasteiger partial charge in [0.05, 0.1) is 19.5 Å². The SMILES string of the molecule is COc1cc(CNS(C)(=O)=O)ccc1OC[C@@H]1CCCO1. The third kappa shape index (κ3) is 5.18. The first kappa shape index (κ1) is 16.1. The molecule has 1 saturated heterocycles. The molecule has 1 N–H and O–H groups in total. The van der Waals surface area contributed by atoms with Gasteiger partial charge < -0.3 is 14.2 Å². The summed E-state index contributed by atoms with van der Waals surface area (Å²) in [6.07, 6.45) is 3.35. The fourth-order valence-electron chi connectivity index (χ4n) is 2.11. The van der Waals surface area contributed by atoms with Crippen LogP contribution in [-0.2, 0) is 21.3 Å². The molecule has 6 nitrogen and oxygen atoms in total. The normalized spacial score (nSPS) is 18.7. The second-order valence-electron chi connectivity index (χ2n) is 5.02. The maximum absolute atomic E-state index is 11.1. The lowest BCUT2D eigenvalue weighted by atomic mass is 10.2. The Balaban J connectivity index is 1.98. The zero-order valence-electron chi connectivity index (χ0n) is 12.3. The zero-order valence-corrected chi connectivity index (χ0v) is 13.1. The molecule has 0 unspecified atom stereocenters. The fraction of sp³-hybridized carbons (Fsp3) is 0.571. The number of rotatable bonds is 7. The number of ether oxygens (including phenoxy) is 3. The monoisotopic (exact) mass is 315 g/mol. The van der Waals surface area contributed by atoms with E-state index in [1.165, 1.54) is 0 Å². The number of benzene rings is 1. The van der Waals surface area contributed by atoms with Gasteiger partial charge in [-0.05, 0) is 30.5 Å². The molecule has 0 bridgehead atoms. The highest BCUT2D eigenvalue weighted by Gasteiger charge is 2.17. The highest BCUT2D eigenvalue weighted by atomic mass is 32.2. The summed E-state index contributed by atoms with van der Waals surface area (Å²) in [5.41, 5.74) is 0.807. The summed E-state index contributed by atoms with van der Waals surface area (Å²) in [5.74, 6) is 1.22. The Morgan fingerprint density at radius 1 is 1.38 bits per heavy atom. The fourth-order valence-corrected chi connectivity index (χ4v) is 2.54. The van der Waals surface area contributed by atoms with Crippen molar-refractivity contribution in [2.24, 2.45) is 0 Å². The molecule has 0 aliphatic carbocycles. The zero-order chi connectivity index (χ0) is 15.3. The lowest BCUT2D eigenvalue weighted by molar-refractivity contribution is 0.0669. The topological polar surface area (TPSA) is 73.9 Å². The van der Waals surface area contributed by atoms with Gasteiger partial charge in [-0.2, -0.15) is 0 Å². The van der Waals surface area contributed by atoms with Crippen LogP contribution in [0.5, 0.6) is 11.5 Å². The Kier molecular flexibility index (Phi) is 5.44. The third-order valence-corrected chi connectivity index (χ3v) is 3.88. The molecular weight excluding hydrogens is 294 g/mol. The first-order chi connectivity index (χ1) is 9.98. The Labute approximate surface area is 125 Å². The van der Waals surface area contributed by atoms with E-state index in [1.807, 2.05) is 6.07 Å². The average Bonchev–Trinajstić information content (AvgIpc) is 2.95. The molecule has 0 radical (unpaired) electrons. The summed E-state index contributed by atoms with van der Waals surface area (Å²) in [6.45, 7) is 1.51. The molecule has 21 heavy (non-hydrogen) atoms. The molecule has 1 fully saturated rings. The predicted octanol–water partition coefficient (Wildman–Crippen LogP) is 1.30. The van der Waals surface area contributed by atoms with E-state index in [1.54, 1.807) is 19.2 Å². The summed E-state index contributed by atoms with van der Waals surface area (Å²) in [6, 6.07) is 5.36. The molecule has 0 spiro atoms. The first-order valence-corrected chi connectivity index (χ1v) is 8.73. The van der Waals surface area contributed by atoms with Crippen LogP contribution in [0.3, 0.4) is 0 Å². The Bertz CT molecular complexity index is 567. The van der Waals surface area contributed by atoms with E-state index < -0.39 is 10.0 Å². The van der Waals surface area contributed by atoms with E-state index in [2.05, 4.69) is 4.72 Å². The maximum atomic E-state index is 11.1. The van der Waals surface area contributed by atoms with Gasteiger partial charge in [-0.25, -0.2) is 13.1 Å². The van der Waals surface area contributed by atoms with Crippen molar-refractivity contribution in [1.29, 1.82) is 0 Å². The maximum Gasteiger partial charge on any atom is 0.209 e. The minimum absolute atomic E-state index is 0.140. The van der Waals surface area contributed by atoms with E-state index in [-0.39, 0.29) is 12.6 Å². The molecule has 1 aromatic carbocycles. The van der Waals surface area contributed by atoms with Gasteiger partial charge in [-0.1, -0.05) is 6.07 Å². The van der Waals surface area contributed by atoms with Crippen molar-refractivity contribution < 1.29 is 22.6 Å². The van der Waals surface area contributed by atoms with Gasteiger partial charge >= 0.3 is 0 Å². The summed E-state index contributed by atoms with van der Waals surface area (Å²) in [7, 11) is -1.65. The van der Waals surface area contributed by atoms with Crippen LogP contribution in [0.15, 0.2) is 18.2 Å². The first-order valence-electron chi connectivity index (χ1n) is 6.84. The van der Waals surface area contributed by atoms with E-state index in [0.717, 1.165) is 31.3 Å². The van der Waals surface area contributed by atoms with Crippen molar-refractivity contribution in [3.63, 3.8) is 0 Å². The second kappa shape index (κ2) is 7.11. The average molecular weight is 315 g/mol. The van der Waals surface area contributed by atoms with Crippen molar-refractivity contribution in [2.75, 3.05) is 26.6 Å². The second-order valence-corrected chi connectivity index (χ2v) is 6.86. The van der Waals surface area contributed by atoms with Crippen LogP contribution in [0.25, 0.3) is 0 Å². The lowest BCUT2D eigenvalue weighted by Gasteiger charge is -2.15. The van der Waals surface area contributed by atoms with E-state index in [9.17, 15) is 8.42 Å². The number of hydrogen-bond donors (Lipinski definition) is 1. The van der Waals surface area contributed by atoms with Gasteiger partial charge in [0.1, 0.15) is 6.61 Å². The Morgan fingerprint density at radius 2 is 2.19 bits per heavy atom. The van der Waals surface area contributed by atoms with Gasteiger partial charge in [0.25, 0.3) is 0 Å². The summed E-state index contributed by atoms with van der Waals surface area (Å²) in [5, 5.41) is 0. The van der Waals surface area contributed by atoms with Gasteiger partial charge in [-0.15, -0.1) is 0 Å². The van der Waals surface area contributed by atoms with Gasteiger partial charge in [-0.3, -0.25) is 0 Å². The molecule has 1 aliphatic heterocycles. The van der Waals surface area contributed by atoms with E-state index in [0.29, 0.717) is 18.1 Å². The number of nitrogens with one attached hydrogen (secondary N) is 1. The number of hydrogen-bond acceptors (Lipinski definition) is 5. The van der Waals surface area contributed by atoms with E-state index >= 15 is 0 Å². The highest BCUT2D eigenvalue weighted by Crippen LogP contribution is 2.29. The Hall–Kier alpha value is -1.31. The molecule has 1 aliphatic rings. The standard InChI is InChI=1S/C14H21NO5S/c1-18-14-8-11(9-15-21(2,16)17)5-6-13(14)20-10-12-4-3-7-19-12/h5-6,8,12,15H,3-4,7,9-10H2,1-2H3/t12-/m0/s1. The summed E-state index contributed by atoms with van der Waals surface area (Å²) < 4.78 is 41.1. The van der Waals surface area contributed by atoms with Crippen LogP contribution in [0, 0.1) is 0 Å². The van der Waals surface area contributed by atoms with Crippen LogP contribution in [-0.4, -0.2) is 41.1 Å². The van der Waals surface area contributed by atoms with Crippen molar-refractivity contribution in [3.05, 3.63) is 23.8 Å². The minimum Gasteiger partial charge on any atom is -0.493 e. The van der Waals surface area contributed by atoms with Crippen molar-refractivity contribution in [2.45, 2.75) is 25.5 Å². The number of methoxy groups -OCH3 is 1. The van der Waals surface area contributed by atoms with Crippen molar-refractivity contribution in [1.82, 2.24) is 4.72 Å². The van der Waals surface area contributed by atoms with Gasteiger partial charge in [0.2, 0.25) is 10.0 Å². The largest absolute Gasteiger partial charge is 0.493 e. The van der Waals surface area contributed by atoms with Crippen LogP contribution in [0.4, 0.5) is 0 Å². The molecular formula is C14H21NO5S. The highest BCUT2D eigenvalue weighted by molar-refractivity contribution is 7.88. The van der Waals surface area contributed by atoms with Crippen LogP contribution in [0.2, 0.25) is 0 Å². The lowest BCUT2D eigenvalue weighted by Crippen LogP contribution is -2.21. The van der Waals surface area contributed by atoms with Crippen LogP contribution < -0.4 is 14.2 Å². The predicted molar refractivity (Wildman–Crippen MR) is 79.1 cm³/mol. The quantitative estimate of drug-likeness (QED) is 0.821. The molecule has 1 aromatic rings. The molecule has 7 heteroatoms.